The predicted octanol–water partition coefficient (Wildman–Crippen LogP) is 2.48. The Morgan fingerprint density at radius 3 is 2.83 bits per heavy atom. The van der Waals surface area contributed by atoms with E-state index < -0.39 is 15.7 Å². The van der Waals surface area contributed by atoms with Gasteiger partial charge >= 0.3 is 0 Å². The molecule has 0 unspecified atom stereocenters. The van der Waals surface area contributed by atoms with Gasteiger partial charge in [-0.15, -0.1) is 5.10 Å². The highest BCUT2D eigenvalue weighted by Crippen LogP contribution is 2.22. The van der Waals surface area contributed by atoms with Gasteiger partial charge in [0.1, 0.15) is 5.82 Å². The van der Waals surface area contributed by atoms with Crippen LogP contribution in [-0.4, -0.2) is 47.2 Å². The molecule has 6 nitrogen and oxygen atoms in total. The monoisotopic (exact) mass is 371 g/mol. The van der Waals surface area contributed by atoms with Gasteiger partial charge in [0.2, 0.25) is 5.89 Å². The summed E-state index contributed by atoms with van der Waals surface area (Å²) < 4.78 is 44.1. The maximum atomic E-state index is 13.9. The van der Waals surface area contributed by atoms with Crippen molar-refractivity contribution in [3.05, 3.63) is 34.9 Å². The van der Waals surface area contributed by atoms with E-state index in [-0.39, 0.29) is 33.8 Å². The molecular weight excluding hydrogens is 353 g/mol. The van der Waals surface area contributed by atoms with Gasteiger partial charge in [-0.1, -0.05) is 19.1 Å². The number of benzene rings is 1. The SMILES string of the molecule is CCN(Cn1nc(-c2ccccc2F)oc1=S)[C@@H]1CCS(=O)(=O)C1. The first kappa shape index (κ1) is 17.2. The second-order valence-electron chi connectivity index (χ2n) is 5.76. The van der Waals surface area contributed by atoms with E-state index in [0.717, 1.165) is 0 Å². The molecule has 1 fully saturated rings. The fraction of sp³-hybridized carbons (Fsp3) is 0.467. The van der Waals surface area contributed by atoms with Gasteiger partial charge in [0.25, 0.3) is 4.84 Å². The van der Waals surface area contributed by atoms with Crippen LogP contribution in [0, 0.1) is 10.7 Å². The summed E-state index contributed by atoms with van der Waals surface area (Å²) in [6.07, 6.45) is 0.599. The molecule has 0 spiro atoms. The lowest BCUT2D eigenvalue weighted by Gasteiger charge is -2.25. The Labute approximate surface area is 144 Å². The Morgan fingerprint density at radius 2 is 2.21 bits per heavy atom. The van der Waals surface area contributed by atoms with E-state index in [1.54, 1.807) is 18.2 Å². The van der Waals surface area contributed by atoms with E-state index in [0.29, 0.717) is 19.6 Å². The summed E-state index contributed by atoms with van der Waals surface area (Å²) in [5.74, 6) is 0.0359. The van der Waals surface area contributed by atoms with Crippen LogP contribution >= 0.6 is 12.2 Å². The zero-order valence-corrected chi connectivity index (χ0v) is 14.8. The number of sulfone groups is 1. The van der Waals surface area contributed by atoms with Crippen LogP contribution in [0.1, 0.15) is 13.3 Å². The molecule has 0 amide bonds. The van der Waals surface area contributed by atoms with Gasteiger partial charge in [0.15, 0.2) is 9.84 Å². The van der Waals surface area contributed by atoms with Crippen molar-refractivity contribution in [2.75, 3.05) is 18.1 Å². The molecule has 9 heteroatoms. The van der Waals surface area contributed by atoms with Crippen LogP contribution < -0.4 is 0 Å². The molecule has 1 atom stereocenters. The number of halogens is 1. The van der Waals surface area contributed by atoms with E-state index in [9.17, 15) is 12.8 Å². The lowest BCUT2D eigenvalue weighted by atomic mass is 10.2. The highest BCUT2D eigenvalue weighted by atomic mass is 32.2. The highest BCUT2D eigenvalue weighted by Gasteiger charge is 2.32. The Balaban J connectivity index is 1.83. The van der Waals surface area contributed by atoms with Crippen molar-refractivity contribution in [2.45, 2.75) is 26.1 Å². The van der Waals surface area contributed by atoms with Gasteiger partial charge in [0, 0.05) is 6.04 Å². The first-order chi connectivity index (χ1) is 11.4. The number of aromatic nitrogens is 2. The van der Waals surface area contributed by atoms with E-state index in [1.807, 2.05) is 11.8 Å². The molecule has 1 aliphatic rings. The van der Waals surface area contributed by atoms with Crippen LogP contribution in [0.4, 0.5) is 4.39 Å². The Bertz CT molecular complexity index is 891. The Morgan fingerprint density at radius 1 is 1.46 bits per heavy atom. The third-order valence-corrected chi connectivity index (χ3v) is 6.20. The summed E-state index contributed by atoms with van der Waals surface area (Å²) in [4.78, 5) is 2.13. The molecule has 2 aromatic rings. The quantitative estimate of drug-likeness (QED) is 0.752. The van der Waals surface area contributed by atoms with Crippen molar-refractivity contribution in [3.63, 3.8) is 0 Å². The lowest BCUT2D eigenvalue weighted by Crippen LogP contribution is -2.37. The maximum Gasteiger partial charge on any atom is 0.288 e. The average molecular weight is 371 g/mol. The summed E-state index contributed by atoms with van der Waals surface area (Å²) in [6, 6.07) is 6.12. The summed E-state index contributed by atoms with van der Waals surface area (Å²) in [6.45, 7) is 2.92. The van der Waals surface area contributed by atoms with E-state index in [1.165, 1.54) is 10.7 Å². The van der Waals surface area contributed by atoms with Crippen molar-refractivity contribution in [3.8, 4) is 11.5 Å². The number of hydrogen-bond donors (Lipinski definition) is 0. The van der Waals surface area contributed by atoms with Crippen molar-refractivity contribution in [1.29, 1.82) is 0 Å². The molecule has 1 saturated heterocycles. The summed E-state index contributed by atoms with van der Waals surface area (Å²) in [7, 11) is -2.97. The largest absolute Gasteiger partial charge is 0.409 e. The van der Waals surface area contributed by atoms with E-state index >= 15 is 0 Å². The van der Waals surface area contributed by atoms with Crippen molar-refractivity contribution in [1.82, 2.24) is 14.7 Å². The maximum absolute atomic E-state index is 13.9. The molecule has 0 saturated carbocycles. The molecule has 1 aromatic heterocycles. The number of hydrogen-bond acceptors (Lipinski definition) is 6. The zero-order chi connectivity index (χ0) is 17.3. The molecule has 0 aliphatic carbocycles. The fourth-order valence-electron chi connectivity index (χ4n) is 2.85. The molecule has 0 N–H and O–H groups in total. The van der Waals surface area contributed by atoms with Crippen molar-refractivity contribution >= 4 is 22.1 Å². The number of nitrogens with zero attached hydrogens (tertiary/aromatic N) is 3. The Hall–Kier alpha value is -1.58. The minimum Gasteiger partial charge on any atom is -0.409 e. The first-order valence-electron chi connectivity index (χ1n) is 7.67. The minimum atomic E-state index is -2.97. The minimum absolute atomic E-state index is 0.0597. The molecular formula is C15H18FN3O3S2. The van der Waals surface area contributed by atoms with E-state index in [4.69, 9.17) is 16.6 Å². The van der Waals surface area contributed by atoms with Gasteiger partial charge in [0.05, 0.1) is 23.7 Å². The van der Waals surface area contributed by atoms with Crippen molar-refractivity contribution < 1.29 is 17.2 Å². The van der Waals surface area contributed by atoms with Crippen LogP contribution in [0.2, 0.25) is 0 Å². The van der Waals surface area contributed by atoms with Gasteiger partial charge in [-0.05, 0) is 37.3 Å². The molecule has 1 aliphatic heterocycles. The first-order valence-corrected chi connectivity index (χ1v) is 9.90. The standard InChI is InChI=1S/C15H18FN3O3S2/c1-2-18(11-7-8-24(20,21)9-11)10-19-15(23)22-14(17-19)12-5-3-4-6-13(12)16/h3-6,11H,2,7-10H2,1H3/t11-/m1/s1. The summed E-state index contributed by atoms with van der Waals surface area (Å²) >= 11 is 5.17. The van der Waals surface area contributed by atoms with Gasteiger partial charge in [-0.3, -0.25) is 4.90 Å². The van der Waals surface area contributed by atoms with Crippen LogP contribution in [0.25, 0.3) is 11.5 Å². The van der Waals surface area contributed by atoms with Crippen LogP contribution in [-0.2, 0) is 16.5 Å². The van der Waals surface area contributed by atoms with Crippen LogP contribution in [0.5, 0.6) is 0 Å². The van der Waals surface area contributed by atoms with Crippen LogP contribution in [0.3, 0.4) is 0 Å². The average Bonchev–Trinajstić information content (AvgIpc) is 3.08. The molecule has 1 aromatic carbocycles. The fourth-order valence-corrected chi connectivity index (χ4v) is 4.79. The highest BCUT2D eigenvalue weighted by molar-refractivity contribution is 7.91. The number of rotatable bonds is 5. The third kappa shape index (κ3) is 3.57. The summed E-state index contributed by atoms with van der Waals surface area (Å²) in [5, 5.41) is 4.25. The van der Waals surface area contributed by atoms with Crippen molar-refractivity contribution in [2.24, 2.45) is 0 Å². The molecule has 130 valence electrons. The topological polar surface area (TPSA) is 68.3 Å². The zero-order valence-electron chi connectivity index (χ0n) is 13.2. The molecule has 2 heterocycles. The second-order valence-corrected chi connectivity index (χ2v) is 8.33. The molecule has 0 radical (unpaired) electrons. The van der Waals surface area contributed by atoms with Gasteiger partial charge in [-0.2, -0.15) is 0 Å². The smallest absolute Gasteiger partial charge is 0.288 e. The van der Waals surface area contributed by atoms with E-state index in [2.05, 4.69) is 5.10 Å². The normalized spacial score (nSPS) is 19.9. The van der Waals surface area contributed by atoms with Gasteiger partial charge in [-0.25, -0.2) is 17.5 Å². The Kier molecular flexibility index (Phi) is 4.84. The second kappa shape index (κ2) is 6.73. The molecule has 24 heavy (non-hydrogen) atoms. The van der Waals surface area contributed by atoms with Crippen LogP contribution in [0.15, 0.2) is 28.7 Å². The van der Waals surface area contributed by atoms with Gasteiger partial charge < -0.3 is 4.42 Å². The third-order valence-electron chi connectivity index (χ3n) is 4.16. The predicted molar refractivity (Wildman–Crippen MR) is 90.2 cm³/mol. The summed E-state index contributed by atoms with van der Waals surface area (Å²) in [5.41, 5.74) is 0.244. The lowest BCUT2D eigenvalue weighted by molar-refractivity contribution is 0.162. The molecule has 0 bridgehead atoms. The molecule has 3 rings (SSSR count).